The van der Waals surface area contributed by atoms with Gasteiger partial charge in [-0.1, -0.05) is 17.7 Å². The Kier molecular flexibility index (Phi) is 4.54. The molecule has 1 unspecified atom stereocenters. The zero-order valence-electron chi connectivity index (χ0n) is 9.94. The van der Waals surface area contributed by atoms with Crippen LogP contribution < -0.4 is 4.74 Å². The van der Waals surface area contributed by atoms with Gasteiger partial charge >= 0.3 is 5.97 Å². The molecular weight excluding hydrogens is 258 g/mol. The fourth-order valence-corrected chi connectivity index (χ4v) is 1.44. The summed E-state index contributed by atoms with van der Waals surface area (Å²) in [6, 6.07) is 6.56. The smallest absolute Gasteiger partial charge is 0.341 e. The molecule has 0 aromatic heterocycles. The molecule has 0 spiro atoms. The second kappa shape index (κ2) is 5.71. The lowest BCUT2D eigenvalue weighted by atomic mass is 10.1. The van der Waals surface area contributed by atoms with Gasteiger partial charge in [-0.2, -0.15) is 5.26 Å². The van der Waals surface area contributed by atoms with Gasteiger partial charge < -0.3 is 14.6 Å². The Morgan fingerprint density at radius 2 is 2.28 bits per heavy atom. The van der Waals surface area contributed by atoms with Crippen molar-refractivity contribution in [2.24, 2.45) is 0 Å². The topological polar surface area (TPSA) is 79.6 Å². The minimum absolute atomic E-state index is 0.153. The summed E-state index contributed by atoms with van der Waals surface area (Å²) in [4.78, 5) is 11.2. The van der Waals surface area contributed by atoms with E-state index in [1.807, 2.05) is 6.07 Å². The Hall–Kier alpha value is -1.77. The van der Waals surface area contributed by atoms with Crippen molar-refractivity contribution < 1.29 is 19.4 Å². The predicted molar refractivity (Wildman–Crippen MR) is 64.3 cm³/mol. The molecule has 96 valence electrons. The van der Waals surface area contributed by atoms with Gasteiger partial charge in [0.15, 0.2) is 5.60 Å². The van der Waals surface area contributed by atoms with E-state index in [1.54, 1.807) is 12.1 Å². The Labute approximate surface area is 109 Å². The van der Waals surface area contributed by atoms with Gasteiger partial charge in [-0.15, -0.1) is 0 Å². The molecule has 0 amide bonds. The van der Waals surface area contributed by atoms with Crippen molar-refractivity contribution >= 4 is 17.6 Å². The number of carbonyl (C=O) groups excluding carboxylic acids is 1. The number of hydrogen-bond acceptors (Lipinski definition) is 5. The minimum Gasteiger partial charge on any atom is -0.489 e. The van der Waals surface area contributed by atoms with Crippen LogP contribution in [-0.2, 0) is 9.53 Å². The number of benzene rings is 1. The van der Waals surface area contributed by atoms with Gasteiger partial charge in [0.05, 0.1) is 12.1 Å². The third-order valence-corrected chi connectivity index (χ3v) is 2.54. The van der Waals surface area contributed by atoms with Crippen LogP contribution in [0.25, 0.3) is 0 Å². The summed E-state index contributed by atoms with van der Waals surface area (Å²) in [5.74, 6) is -0.614. The van der Waals surface area contributed by atoms with E-state index in [2.05, 4.69) is 4.74 Å². The molecule has 5 nitrogen and oxygen atoms in total. The average Bonchev–Trinajstić information content (AvgIpc) is 2.35. The molecule has 1 atom stereocenters. The molecule has 1 rings (SSSR count). The number of esters is 1. The van der Waals surface area contributed by atoms with Crippen LogP contribution in [0, 0.1) is 11.3 Å². The van der Waals surface area contributed by atoms with Crippen LogP contribution >= 0.6 is 11.6 Å². The maximum absolute atomic E-state index is 11.2. The number of nitriles is 1. The largest absolute Gasteiger partial charge is 0.489 e. The quantitative estimate of drug-likeness (QED) is 0.838. The lowest BCUT2D eigenvalue weighted by Gasteiger charge is -2.20. The first kappa shape index (κ1) is 14.3. The molecule has 6 heteroatoms. The number of nitrogens with zero attached hydrogens (tertiary/aromatic N) is 1. The Bertz CT molecular complexity index is 493. The number of carbonyl (C=O) groups is 1. The summed E-state index contributed by atoms with van der Waals surface area (Å²) in [7, 11) is 1.16. The summed E-state index contributed by atoms with van der Waals surface area (Å²) >= 11 is 5.81. The average molecular weight is 270 g/mol. The molecule has 1 N–H and O–H groups in total. The molecular formula is C12H12ClNO4. The first-order valence-corrected chi connectivity index (χ1v) is 5.42. The summed E-state index contributed by atoms with van der Waals surface area (Å²) in [6.07, 6.45) is 0. The number of hydrogen-bond donors (Lipinski definition) is 1. The van der Waals surface area contributed by atoms with E-state index in [9.17, 15) is 9.90 Å². The van der Waals surface area contributed by atoms with Gasteiger partial charge in [0.1, 0.15) is 24.0 Å². The minimum atomic E-state index is -1.79. The summed E-state index contributed by atoms with van der Waals surface area (Å²) in [5.41, 5.74) is -1.64. The van der Waals surface area contributed by atoms with Crippen LogP contribution in [0.4, 0.5) is 0 Å². The van der Waals surface area contributed by atoms with E-state index in [0.29, 0.717) is 0 Å². The lowest BCUT2D eigenvalue weighted by Crippen LogP contribution is -2.42. The van der Waals surface area contributed by atoms with Gasteiger partial charge in [0, 0.05) is 0 Å². The van der Waals surface area contributed by atoms with Gasteiger partial charge in [0.25, 0.3) is 0 Å². The highest BCUT2D eigenvalue weighted by Gasteiger charge is 2.32. The van der Waals surface area contributed by atoms with Crippen LogP contribution in [0.15, 0.2) is 18.2 Å². The maximum atomic E-state index is 11.2. The summed E-state index contributed by atoms with van der Waals surface area (Å²) in [6.45, 7) is 0.921. The third-order valence-electron chi connectivity index (χ3n) is 2.22. The molecule has 1 aromatic carbocycles. The monoisotopic (exact) mass is 269 g/mol. The van der Waals surface area contributed by atoms with Crippen molar-refractivity contribution in [1.29, 1.82) is 5.26 Å². The molecule has 0 heterocycles. The molecule has 0 saturated heterocycles. The Morgan fingerprint density at radius 1 is 1.61 bits per heavy atom. The standard InChI is InChI=1S/C12H12ClNO4/c1-12(16,11(15)17-2)7-18-10-5-3-4-9(13)8(10)6-14/h3-5,16H,7H2,1-2H3. The van der Waals surface area contributed by atoms with E-state index < -0.39 is 11.6 Å². The van der Waals surface area contributed by atoms with Gasteiger partial charge in [-0.05, 0) is 19.1 Å². The van der Waals surface area contributed by atoms with E-state index in [0.717, 1.165) is 7.11 Å². The normalized spacial score (nSPS) is 13.3. The van der Waals surface area contributed by atoms with Gasteiger partial charge in [-0.25, -0.2) is 4.79 Å². The number of ether oxygens (including phenoxy) is 2. The van der Waals surface area contributed by atoms with Crippen LogP contribution in [0.5, 0.6) is 5.75 Å². The van der Waals surface area contributed by atoms with Gasteiger partial charge in [0.2, 0.25) is 0 Å². The fourth-order valence-electron chi connectivity index (χ4n) is 1.23. The van der Waals surface area contributed by atoms with Crippen LogP contribution in [-0.4, -0.2) is 30.4 Å². The molecule has 0 saturated carbocycles. The molecule has 0 bridgehead atoms. The van der Waals surface area contributed by atoms with E-state index in [-0.39, 0.29) is 22.9 Å². The number of methoxy groups -OCH3 is 1. The highest BCUT2D eigenvalue weighted by molar-refractivity contribution is 6.31. The highest BCUT2D eigenvalue weighted by Crippen LogP contribution is 2.26. The first-order valence-electron chi connectivity index (χ1n) is 5.04. The molecule has 0 aliphatic heterocycles. The van der Waals surface area contributed by atoms with Crippen molar-refractivity contribution in [3.05, 3.63) is 28.8 Å². The molecule has 0 fully saturated rings. The van der Waals surface area contributed by atoms with Crippen molar-refractivity contribution in [1.82, 2.24) is 0 Å². The van der Waals surface area contributed by atoms with E-state index in [1.165, 1.54) is 13.0 Å². The van der Waals surface area contributed by atoms with E-state index in [4.69, 9.17) is 21.6 Å². The molecule has 0 aliphatic carbocycles. The predicted octanol–water partition coefficient (Wildman–Crippen LogP) is 1.51. The van der Waals surface area contributed by atoms with E-state index >= 15 is 0 Å². The molecule has 18 heavy (non-hydrogen) atoms. The van der Waals surface area contributed by atoms with Gasteiger partial charge in [-0.3, -0.25) is 0 Å². The van der Waals surface area contributed by atoms with Crippen molar-refractivity contribution in [2.45, 2.75) is 12.5 Å². The fraction of sp³-hybridized carbons (Fsp3) is 0.333. The van der Waals surface area contributed by atoms with Crippen LogP contribution in [0.1, 0.15) is 12.5 Å². The zero-order chi connectivity index (χ0) is 13.8. The molecule has 0 aliphatic rings. The highest BCUT2D eigenvalue weighted by atomic mass is 35.5. The van der Waals surface area contributed by atoms with Crippen LogP contribution in [0.3, 0.4) is 0 Å². The SMILES string of the molecule is COC(=O)C(C)(O)COc1cccc(Cl)c1C#N. The zero-order valence-corrected chi connectivity index (χ0v) is 10.7. The lowest BCUT2D eigenvalue weighted by molar-refractivity contribution is -0.163. The second-order valence-electron chi connectivity index (χ2n) is 3.78. The van der Waals surface area contributed by atoms with Crippen molar-refractivity contribution in [3.63, 3.8) is 0 Å². The summed E-state index contributed by atoms with van der Waals surface area (Å²) < 4.78 is 9.66. The summed E-state index contributed by atoms with van der Waals surface area (Å²) in [5, 5.41) is 18.9. The van der Waals surface area contributed by atoms with Crippen molar-refractivity contribution in [3.8, 4) is 11.8 Å². The third kappa shape index (κ3) is 3.13. The van der Waals surface area contributed by atoms with Crippen LogP contribution in [0.2, 0.25) is 5.02 Å². The first-order chi connectivity index (χ1) is 8.42. The Balaban J connectivity index is 2.85. The second-order valence-corrected chi connectivity index (χ2v) is 4.19. The molecule has 0 radical (unpaired) electrons. The van der Waals surface area contributed by atoms with Crippen molar-refractivity contribution in [2.75, 3.05) is 13.7 Å². The number of aliphatic hydroxyl groups is 1. The Morgan fingerprint density at radius 3 is 2.83 bits per heavy atom. The maximum Gasteiger partial charge on any atom is 0.341 e. The number of halogens is 1. The molecule has 1 aromatic rings. The number of rotatable bonds is 4.